The number of allylic oxidation sites excluding steroid dienone is 7. The molecule has 0 unspecified atom stereocenters. The first-order valence-electron chi connectivity index (χ1n) is 6.11. The molecular formula is C16H24O2. The van der Waals surface area contributed by atoms with Gasteiger partial charge in [-0.15, -0.1) is 0 Å². The van der Waals surface area contributed by atoms with Crippen molar-refractivity contribution >= 4 is 0 Å². The maximum atomic E-state index is 5.32. The maximum Gasteiger partial charge on any atom is 0.0896 e. The molecule has 0 heterocycles. The zero-order valence-electron chi connectivity index (χ0n) is 11.8. The van der Waals surface area contributed by atoms with E-state index in [0.29, 0.717) is 5.92 Å². The van der Waals surface area contributed by atoms with Crippen LogP contribution in [-0.2, 0) is 9.47 Å². The molecule has 0 aliphatic rings. The van der Waals surface area contributed by atoms with Crippen LogP contribution < -0.4 is 0 Å². The molecule has 2 heteroatoms. The first-order valence-corrected chi connectivity index (χ1v) is 6.11. The van der Waals surface area contributed by atoms with E-state index >= 15 is 0 Å². The Morgan fingerprint density at radius 1 is 1.17 bits per heavy atom. The molecule has 0 N–H and O–H groups in total. The van der Waals surface area contributed by atoms with Crippen LogP contribution in [0, 0.1) is 5.92 Å². The van der Waals surface area contributed by atoms with Crippen LogP contribution in [0.5, 0.6) is 0 Å². The lowest BCUT2D eigenvalue weighted by atomic mass is 10.1. The summed E-state index contributed by atoms with van der Waals surface area (Å²) in [5, 5.41) is 0. The molecule has 18 heavy (non-hydrogen) atoms. The SMILES string of the molecule is C=C(/C=C\C=C/OCC(C)C)C(/C=C\OC)=C/C. The van der Waals surface area contributed by atoms with Crippen molar-refractivity contribution < 1.29 is 9.47 Å². The first kappa shape index (κ1) is 16.3. The summed E-state index contributed by atoms with van der Waals surface area (Å²) in [6.45, 7) is 10.9. The highest BCUT2D eigenvalue weighted by atomic mass is 16.5. The lowest BCUT2D eigenvalue weighted by Gasteiger charge is -2.02. The van der Waals surface area contributed by atoms with Gasteiger partial charge in [0, 0.05) is 0 Å². The summed E-state index contributed by atoms with van der Waals surface area (Å²) >= 11 is 0. The molecule has 0 saturated heterocycles. The highest BCUT2D eigenvalue weighted by molar-refractivity contribution is 5.44. The van der Waals surface area contributed by atoms with Gasteiger partial charge in [0.25, 0.3) is 0 Å². The minimum absolute atomic E-state index is 0.544. The van der Waals surface area contributed by atoms with Crippen LogP contribution in [0.15, 0.2) is 60.6 Å². The van der Waals surface area contributed by atoms with Gasteiger partial charge in [0.1, 0.15) is 0 Å². The Labute approximate surface area is 111 Å². The normalized spacial score (nSPS) is 13.1. The second kappa shape index (κ2) is 10.5. The molecule has 0 amide bonds. The van der Waals surface area contributed by atoms with E-state index in [1.165, 1.54) is 0 Å². The van der Waals surface area contributed by atoms with E-state index in [9.17, 15) is 0 Å². The Morgan fingerprint density at radius 3 is 2.44 bits per heavy atom. The molecule has 0 saturated carbocycles. The highest BCUT2D eigenvalue weighted by Crippen LogP contribution is 2.10. The summed E-state index contributed by atoms with van der Waals surface area (Å²) in [6, 6.07) is 0. The van der Waals surface area contributed by atoms with Crippen molar-refractivity contribution in [2.24, 2.45) is 5.92 Å². The van der Waals surface area contributed by atoms with Gasteiger partial charge in [-0.25, -0.2) is 0 Å². The first-order chi connectivity index (χ1) is 8.61. The molecule has 0 aromatic rings. The summed E-state index contributed by atoms with van der Waals surface area (Å²) in [5.41, 5.74) is 1.96. The van der Waals surface area contributed by atoms with Crippen molar-refractivity contribution in [2.75, 3.05) is 13.7 Å². The van der Waals surface area contributed by atoms with Gasteiger partial charge >= 0.3 is 0 Å². The largest absolute Gasteiger partial charge is 0.504 e. The lowest BCUT2D eigenvalue weighted by Crippen LogP contribution is -1.95. The average Bonchev–Trinajstić information content (AvgIpc) is 2.34. The Balaban J connectivity index is 4.17. The molecule has 0 aliphatic heterocycles. The van der Waals surface area contributed by atoms with E-state index < -0.39 is 0 Å². The summed E-state index contributed by atoms with van der Waals surface area (Å²) in [6.07, 6.45) is 12.9. The number of hydrogen-bond donors (Lipinski definition) is 0. The second-order valence-corrected chi connectivity index (χ2v) is 4.22. The number of ether oxygens (including phenoxy) is 2. The zero-order valence-corrected chi connectivity index (χ0v) is 11.8. The molecule has 0 radical (unpaired) electrons. The molecule has 0 spiro atoms. The molecule has 0 atom stereocenters. The minimum atomic E-state index is 0.544. The monoisotopic (exact) mass is 248 g/mol. The van der Waals surface area contributed by atoms with Crippen molar-refractivity contribution in [3.8, 4) is 0 Å². The molecule has 0 rings (SSSR count). The van der Waals surface area contributed by atoms with Gasteiger partial charge in [-0.1, -0.05) is 38.7 Å². The van der Waals surface area contributed by atoms with Gasteiger partial charge < -0.3 is 9.47 Å². The van der Waals surface area contributed by atoms with Crippen molar-refractivity contribution in [2.45, 2.75) is 20.8 Å². The fourth-order valence-electron chi connectivity index (χ4n) is 1.15. The van der Waals surface area contributed by atoms with E-state index in [4.69, 9.17) is 9.47 Å². The Hall–Kier alpha value is -1.70. The predicted octanol–water partition coefficient (Wildman–Crippen LogP) is 4.39. The van der Waals surface area contributed by atoms with Crippen LogP contribution in [0.4, 0.5) is 0 Å². The third kappa shape index (κ3) is 8.45. The summed E-state index contributed by atoms with van der Waals surface area (Å²) in [4.78, 5) is 0. The second-order valence-electron chi connectivity index (χ2n) is 4.22. The lowest BCUT2D eigenvalue weighted by molar-refractivity contribution is 0.211. The van der Waals surface area contributed by atoms with E-state index in [2.05, 4.69) is 20.4 Å². The Morgan fingerprint density at radius 2 is 1.89 bits per heavy atom. The van der Waals surface area contributed by atoms with E-state index in [0.717, 1.165) is 17.8 Å². The van der Waals surface area contributed by atoms with E-state index in [1.807, 2.05) is 37.3 Å². The van der Waals surface area contributed by atoms with Crippen LogP contribution in [0.25, 0.3) is 0 Å². The Bertz CT molecular complexity index is 344. The minimum Gasteiger partial charge on any atom is -0.504 e. The number of rotatable bonds is 8. The molecule has 2 nitrogen and oxygen atoms in total. The fraction of sp³-hybridized carbons (Fsp3) is 0.375. The summed E-state index contributed by atoms with van der Waals surface area (Å²) < 4.78 is 10.2. The number of hydrogen-bond acceptors (Lipinski definition) is 2. The smallest absolute Gasteiger partial charge is 0.0896 e. The van der Waals surface area contributed by atoms with Crippen LogP contribution >= 0.6 is 0 Å². The molecule has 0 aromatic heterocycles. The molecule has 100 valence electrons. The van der Waals surface area contributed by atoms with Crippen LogP contribution in [-0.4, -0.2) is 13.7 Å². The third-order valence-electron chi connectivity index (χ3n) is 2.08. The van der Waals surface area contributed by atoms with Crippen molar-refractivity contribution in [1.29, 1.82) is 0 Å². The van der Waals surface area contributed by atoms with Gasteiger partial charge in [-0.2, -0.15) is 0 Å². The van der Waals surface area contributed by atoms with Crippen LogP contribution in [0.3, 0.4) is 0 Å². The van der Waals surface area contributed by atoms with Crippen LogP contribution in [0.2, 0.25) is 0 Å². The number of methoxy groups -OCH3 is 1. The van der Waals surface area contributed by atoms with Crippen LogP contribution in [0.1, 0.15) is 20.8 Å². The van der Waals surface area contributed by atoms with Gasteiger partial charge in [-0.3, -0.25) is 0 Å². The predicted molar refractivity (Wildman–Crippen MR) is 78.1 cm³/mol. The van der Waals surface area contributed by atoms with E-state index in [-0.39, 0.29) is 0 Å². The molecule has 0 fully saturated rings. The maximum absolute atomic E-state index is 5.32. The molecule has 0 bridgehead atoms. The zero-order chi connectivity index (χ0) is 13.8. The highest BCUT2D eigenvalue weighted by Gasteiger charge is 1.92. The van der Waals surface area contributed by atoms with Gasteiger partial charge in [0.2, 0.25) is 0 Å². The van der Waals surface area contributed by atoms with Crippen molar-refractivity contribution in [3.05, 3.63) is 60.6 Å². The quantitative estimate of drug-likeness (QED) is 0.468. The molecular weight excluding hydrogens is 224 g/mol. The average molecular weight is 248 g/mol. The van der Waals surface area contributed by atoms with Gasteiger partial charge in [0.15, 0.2) is 0 Å². The Kier molecular flexibility index (Phi) is 9.47. The van der Waals surface area contributed by atoms with Crippen molar-refractivity contribution in [3.63, 3.8) is 0 Å². The van der Waals surface area contributed by atoms with Crippen molar-refractivity contribution in [1.82, 2.24) is 0 Å². The fourth-order valence-corrected chi connectivity index (χ4v) is 1.15. The summed E-state index contributed by atoms with van der Waals surface area (Å²) in [7, 11) is 1.62. The topological polar surface area (TPSA) is 18.5 Å². The summed E-state index contributed by atoms with van der Waals surface area (Å²) in [5.74, 6) is 0.544. The standard InChI is InChI=1S/C16H24O2/c1-6-16(10-12-17-5)15(4)9-7-8-11-18-13-14(2)3/h6-12,14H,4,13H2,1-3,5H3/b9-7-,11-8-,12-10-,16-6+. The van der Waals surface area contributed by atoms with Gasteiger partial charge in [-0.05, 0) is 36.1 Å². The third-order valence-corrected chi connectivity index (χ3v) is 2.08. The van der Waals surface area contributed by atoms with E-state index in [1.54, 1.807) is 19.6 Å². The molecule has 0 aromatic carbocycles. The molecule has 0 aliphatic carbocycles. The van der Waals surface area contributed by atoms with Gasteiger partial charge in [0.05, 0.1) is 26.2 Å².